The summed E-state index contributed by atoms with van der Waals surface area (Å²) < 4.78 is 12.0. The van der Waals surface area contributed by atoms with E-state index in [0.717, 1.165) is 21.9 Å². The molecule has 0 atom stereocenters. The number of fused-ring (bicyclic) bond motifs is 1. The Labute approximate surface area is 197 Å². The van der Waals surface area contributed by atoms with Crippen molar-refractivity contribution in [3.8, 4) is 11.5 Å². The number of carboxylic acid groups (broad SMARTS) is 1. The number of hydrogen-bond donors (Lipinski definition) is 2. The second-order valence-corrected chi connectivity index (χ2v) is 7.91. The number of halogens is 1. The Morgan fingerprint density at radius 1 is 0.970 bits per heavy atom. The SMILES string of the molecule is CCOc1cc(CNc2cccc(C(=O)O)c2)cc(Cl)c1OCc1cccc2ccccc12. The molecule has 0 heterocycles. The fourth-order valence-electron chi connectivity index (χ4n) is 3.66. The molecule has 0 bridgehead atoms. The summed E-state index contributed by atoms with van der Waals surface area (Å²) >= 11 is 6.59. The van der Waals surface area contributed by atoms with Crippen LogP contribution in [0.1, 0.15) is 28.4 Å². The van der Waals surface area contributed by atoms with Gasteiger partial charge in [-0.25, -0.2) is 4.79 Å². The van der Waals surface area contributed by atoms with Crippen LogP contribution in [0.5, 0.6) is 11.5 Å². The highest BCUT2D eigenvalue weighted by Gasteiger charge is 2.14. The highest BCUT2D eigenvalue weighted by molar-refractivity contribution is 6.32. The van der Waals surface area contributed by atoms with Crippen molar-refractivity contribution in [2.45, 2.75) is 20.1 Å². The van der Waals surface area contributed by atoms with E-state index in [1.165, 1.54) is 0 Å². The molecule has 2 N–H and O–H groups in total. The van der Waals surface area contributed by atoms with Crippen LogP contribution in [0.3, 0.4) is 0 Å². The minimum Gasteiger partial charge on any atom is -0.490 e. The molecule has 0 aliphatic carbocycles. The van der Waals surface area contributed by atoms with Gasteiger partial charge in [0, 0.05) is 12.2 Å². The van der Waals surface area contributed by atoms with Crippen molar-refractivity contribution in [1.29, 1.82) is 0 Å². The van der Waals surface area contributed by atoms with E-state index >= 15 is 0 Å². The van der Waals surface area contributed by atoms with E-state index in [0.29, 0.717) is 42.0 Å². The molecule has 168 valence electrons. The van der Waals surface area contributed by atoms with Gasteiger partial charge in [0.25, 0.3) is 0 Å². The maximum atomic E-state index is 11.2. The highest BCUT2D eigenvalue weighted by atomic mass is 35.5. The van der Waals surface area contributed by atoms with Crippen LogP contribution in [-0.2, 0) is 13.2 Å². The second kappa shape index (κ2) is 10.3. The van der Waals surface area contributed by atoms with Gasteiger partial charge in [0.05, 0.1) is 17.2 Å². The number of rotatable bonds is 9. The molecule has 0 aliphatic rings. The normalized spacial score (nSPS) is 10.7. The third-order valence-electron chi connectivity index (χ3n) is 5.23. The molecule has 4 rings (SSSR count). The number of carbonyl (C=O) groups is 1. The summed E-state index contributed by atoms with van der Waals surface area (Å²) in [5, 5.41) is 15.2. The lowest BCUT2D eigenvalue weighted by atomic mass is 10.1. The predicted molar refractivity (Wildman–Crippen MR) is 132 cm³/mol. The number of hydrogen-bond acceptors (Lipinski definition) is 4. The lowest BCUT2D eigenvalue weighted by Crippen LogP contribution is -2.05. The summed E-state index contributed by atoms with van der Waals surface area (Å²) in [5.74, 6) is 0.109. The minimum atomic E-state index is -0.965. The van der Waals surface area contributed by atoms with Gasteiger partial charge in [0.15, 0.2) is 11.5 Å². The lowest BCUT2D eigenvalue weighted by molar-refractivity contribution is 0.0697. The predicted octanol–water partition coefficient (Wildman–Crippen LogP) is 6.78. The van der Waals surface area contributed by atoms with E-state index in [9.17, 15) is 9.90 Å². The van der Waals surface area contributed by atoms with Crippen molar-refractivity contribution in [2.75, 3.05) is 11.9 Å². The third kappa shape index (κ3) is 5.38. The molecule has 0 spiro atoms. The first-order chi connectivity index (χ1) is 16.0. The summed E-state index contributed by atoms with van der Waals surface area (Å²) in [4.78, 5) is 11.2. The van der Waals surface area contributed by atoms with Crippen molar-refractivity contribution in [2.24, 2.45) is 0 Å². The van der Waals surface area contributed by atoms with Gasteiger partial charge in [0.1, 0.15) is 6.61 Å². The van der Waals surface area contributed by atoms with Crippen LogP contribution in [0, 0.1) is 0 Å². The number of benzene rings is 4. The molecule has 6 heteroatoms. The maximum absolute atomic E-state index is 11.2. The van der Waals surface area contributed by atoms with Gasteiger partial charge in [0.2, 0.25) is 0 Å². The van der Waals surface area contributed by atoms with Crippen LogP contribution >= 0.6 is 11.6 Å². The Hall–Kier alpha value is -3.70. The quantitative estimate of drug-likeness (QED) is 0.287. The summed E-state index contributed by atoms with van der Waals surface area (Å²) in [6.07, 6.45) is 0. The van der Waals surface area contributed by atoms with Gasteiger partial charge in [-0.2, -0.15) is 0 Å². The fraction of sp³-hybridized carbons (Fsp3) is 0.148. The summed E-state index contributed by atoms with van der Waals surface area (Å²) in [7, 11) is 0. The van der Waals surface area contributed by atoms with Crippen molar-refractivity contribution in [3.05, 3.63) is 101 Å². The van der Waals surface area contributed by atoms with Crippen molar-refractivity contribution < 1.29 is 19.4 Å². The molecule has 0 unspecified atom stereocenters. The highest BCUT2D eigenvalue weighted by Crippen LogP contribution is 2.38. The first-order valence-electron chi connectivity index (χ1n) is 10.7. The molecule has 0 saturated heterocycles. The monoisotopic (exact) mass is 461 g/mol. The fourth-order valence-corrected chi connectivity index (χ4v) is 3.95. The van der Waals surface area contributed by atoms with E-state index in [1.54, 1.807) is 18.2 Å². The standard InChI is InChI=1S/C27H24ClNO4/c1-2-32-25-14-18(16-29-22-11-6-9-20(15-22)27(30)31)13-24(28)26(25)33-17-21-10-5-8-19-7-3-4-12-23(19)21/h3-15,29H,2,16-17H2,1H3,(H,30,31). The van der Waals surface area contributed by atoms with E-state index in [4.69, 9.17) is 21.1 Å². The van der Waals surface area contributed by atoms with Gasteiger partial charge >= 0.3 is 5.97 Å². The molecule has 4 aromatic carbocycles. The zero-order valence-corrected chi connectivity index (χ0v) is 18.9. The molecule has 33 heavy (non-hydrogen) atoms. The minimum absolute atomic E-state index is 0.227. The Balaban J connectivity index is 1.53. The van der Waals surface area contributed by atoms with Crippen molar-refractivity contribution >= 4 is 34.0 Å². The third-order valence-corrected chi connectivity index (χ3v) is 5.51. The molecule has 0 saturated carbocycles. The summed E-state index contributed by atoms with van der Waals surface area (Å²) in [5.41, 5.74) is 2.89. The summed E-state index contributed by atoms with van der Waals surface area (Å²) in [6, 6.07) is 24.7. The van der Waals surface area contributed by atoms with Crippen LogP contribution in [0.15, 0.2) is 78.9 Å². The lowest BCUT2D eigenvalue weighted by Gasteiger charge is -2.16. The number of ether oxygens (including phenoxy) is 2. The van der Waals surface area contributed by atoms with Crippen LogP contribution in [0.25, 0.3) is 10.8 Å². The van der Waals surface area contributed by atoms with Gasteiger partial charge in [-0.3, -0.25) is 0 Å². The van der Waals surface area contributed by atoms with Crippen molar-refractivity contribution in [1.82, 2.24) is 0 Å². The Bertz CT molecular complexity index is 1280. The average molecular weight is 462 g/mol. The molecule has 0 amide bonds. The van der Waals surface area contributed by atoms with Crippen LogP contribution in [0.2, 0.25) is 5.02 Å². The smallest absolute Gasteiger partial charge is 0.335 e. The number of aromatic carboxylic acids is 1. The first-order valence-corrected chi connectivity index (χ1v) is 11.0. The number of carboxylic acids is 1. The molecule has 0 aromatic heterocycles. The Morgan fingerprint density at radius 2 is 1.76 bits per heavy atom. The average Bonchev–Trinajstić information content (AvgIpc) is 2.82. The zero-order chi connectivity index (χ0) is 23.2. The van der Waals surface area contributed by atoms with E-state index in [1.807, 2.05) is 49.4 Å². The maximum Gasteiger partial charge on any atom is 0.335 e. The Morgan fingerprint density at radius 3 is 2.58 bits per heavy atom. The van der Waals surface area contributed by atoms with Crippen LogP contribution in [-0.4, -0.2) is 17.7 Å². The van der Waals surface area contributed by atoms with E-state index in [-0.39, 0.29) is 5.56 Å². The van der Waals surface area contributed by atoms with Gasteiger partial charge in [-0.1, -0.05) is 60.1 Å². The molecule has 0 aliphatic heterocycles. The second-order valence-electron chi connectivity index (χ2n) is 7.50. The number of nitrogens with one attached hydrogen (secondary N) is 1. The van der Waals surface area contributed by atoms with E-state index in [2.05, 4.69) is 23.5 Å². The molecule has 0 fully saturated rings. The first kappa shape index (κ1) is 22.5. The molecular weight excluding hydrogens is 438 g/mol. The molecular formula is C27H24ClNO4. The van der Waals surface area contributed by atoms with Crippen LogP contribution in [0.4, 0.5) is 5.69 Å². The van der Waals surface area contributed by atoms with Crippen molar-refractivity contribution in [3.63, 3.8) is 0 Å². The molecule has 4 aromatic rings. The molecule has 0 radical (unpaired) electrons. The van der Waals surface area contributed by atoms with E-state index < -0.39 is 5.97 Å². The zero-order valence-electron chi connectivity index (χ0n) is 18.2. The topological polar surface area (TPSA) is 67.8 Å². The van der Waals surface area contributed by atoms with Gasteiger partial charge < -0.3 is 19.9 Å². The Kier molecular flexibility index (Phi) is 7.01. The summed E-state index contributed by atoms with van der Waals surface area (Å²) in [6.45, 7) is 3.19. The molecule has 5 nitrogen and oxygen atoms in total. The van der Waals surface area contributed by atoms with Gasteiger partial charge in [-0.15, -0.1) is 0 Å². The largest absolute Gasteiger partial charge is 0.490 e. The van der Waals surface area contributed by atoms with Crippen LogP contribution < -0.4 is 14.8 Å². The van der Waals surface area contributed by atoms with Gasteiger partial charge in [-0.05, 0) is 59.2 Å². The number of anilines is 1.